The number of ether oxygens (including phenoxy) is 7. The maximum atomic E-state index is 14.6. The zero-order chi connectivity index (χ0) is 50.5. The molecule has 4 fully saturated rings. The van der Waals surface area contributed by atoms with Crippen molar-refractivity contribution in [2.45, 2.75) is 198 Å². The van der Waals surface area contributed by atoms with E-state index in [1.165, 1.54) is 14.0 Å². The fourth-order valence-electron chi connectivity index (χ4n) is 11.1. The smallest absolute Gasteiger partial charge is 0.311 e. The molecule has 4 aliphatic rings. The van der Waals surface area contributed by atoms with Crippen molar-refractivity contribution >= 4 is 17.5 Å². The predicted octanol–water partition coefficient (Wildman–Crippen LogP) is 4.59. The number of carbonyl (C=O) groups excluding carboxylic acids is 2. The van der Waals surface area contributed by atoms with Crippen molar-refractivity contribution in [2.75, 3.05) is 47.9 Å². The monoisotopic (exact) mass is 964 g/mol. The summed E-state index contributed by atoms with van der Waals surface area (Å²) >= 11 is 0. The van der Waals surface area contributed by atoms with Gasteiger partial charge in [-0.25, -0.2) is 0 Å². The van der Waals surface area contributed by atoms with Gasteiger partial charge in [0.2, 0.25) is 0 Å². The summed E-state index contributed by atoms with van der Waals surface area (Å²) in [5.41, 5.74) is -3.18. The van der Waals surface area contributed by atoms with Gasteiger partial charge in [-0.05, 0) is 94.3 Å². The standard InChI is InChI=1S/C51H85N3O14/c1-15-39-51(10,60)44(57)31(4)41(52-68-36-22-19-23-54(27-36)28-38(55)35-20-17-16-18-21-35)29(2)25-50(9,62-14)46(67-48-42(56)37(53(11)12)24-30(3)63-48)32(5)43(33(6)47(59)65-39)66-40-26-49(8,61-13)45(58)34(7)64-40/h16-18,20-21,29-34,36-37,39-40,42-46,48,56-58,60H,15,19,22-28H2,1-14H3/t29-,30-,31+,32+,33-,34?,36?,37+,39-,40?,42-,43+,44-,45?,46-,48+,49?,50-,51-/m1/s1. The minimum Gasteiger partial charge on any atom is -0.459 e. The zero-order valence-corrected chi connectivity index (χ0v) is 43.2. The lowest BCUT2D eigenvalue weighted by molar-refractivity contribution is -0.319. The normalized spacial score (nSPS) is 43.5. The highest BCUT2D eigenvalue weighted by Gasteiger charge is 2.54. The SMILES string of the molecule is CC[C@H]1OC(=O)[C@H](C)[C@@H](OC2CC(C)(OC)C(O)C(C)O2)[C@H](C)[C@@H](O[C@@H]2O[C@H](C)C[C@H](N(C)C)[C@H]2O)[C@](C)(OC)C[C@@H](C)C(=NOC2CCCN(CC(=O)c3ccccc3)C2)[C@H](C)[C@@H](O)[C@]1(C)O. The Hall–Kier alpha value is -2.65. The molecule has 4 saturated heterocycles. The number of aliphatic hydroxyl groups is 4. The fourth-order valence-corrected chi connectivity index (χ4v) is 11.1. The van der Waals surface area contributed by atoms with Gasteiger partial charge in [-0.3, -0.25) is 14.5 Å². The van der Waals surface area contributed by atoms with Crippen LogP contribution < -0.4 is 0 Å². The number of ketones is 1. The Morgan fingerprint density at radius 1 is 0.912 bits per heavy atom. The molecule has 0 radical (unpaired) electrons. The van der Waals surface area contributed by atoms with Crippen LogP contribution in [-0.2, 0) is 42.8 Å². The van der Waals surface area contributed by atoms with E-state index in [1.54, 1.807) is 41.7 Å². The lowest BCUT2D eigenvalue weighted by Gasteiger charge is -2.50. The largest absolute Gasteiger partial charge is 0.459 e. The van der Waals surface area contributed by atoms with E-state index in [4.69, 9.17) is 43.2 Å². The molecule has 0 spiro atoms. The van der Waals surface area contributed by atoms with E-state index in [0.29, 0.717) is 30.7 Å². The van der Waals surface area contributed by atoms with E-state index in [2.05, 4.69) is 4.90 Å². The summed E-state index contributed by atoms with van der Waals surface area (Å²) in [5.74, 6) is -3.77. The molecular formula is C51H85N3O14. The Balaban J connectivity index is 1.59. The third-order valence-electron chi connectivity index (χ3n) is 15.5. The molecule has 0 bridgehead atoms. The topological polar surface area (TPSA) is 208 Å². The Morgan fingerprint density at radius 2 is 1.57 bits per heavy atom. The number of cyclic esters (lactones) is 1. The molecule has 4 heterocycles. The Kier molecular flexibility index (Phi) is 19.6. The van der Waals surface area contributed by atoms with Crippen LogP contribution in [0.2, 0.25) is 0 Å². The summed E-state index contributed by atoms with van der Waals surface area (Å²) in [7, 11) is 6.89. The zero-order valence-electron chi connectivity index (χ0n) is 43.2. The minimum absolute atomic E-state index is 0.0141. The van der Waals surface area contributed by atoms with Gasteiger partial charge in [-0.15, -0.1) is 0 Å². The van der Waals surface area contributed by atoms with Crippen LogP contribution in [0.4, 0.5) is 0 Å². The summed E-state index contributed by atoms with van der Waals surface area (Å²) in [4.78, 5) is 38.2. The van der Waals surface area contributed by atoms with Crippen LogP contribution in [-0.4, -0.2) is 186 Å². The lowest BCUT2D eigenvalue weighted by Crippen LogP contribution is -2.61. The summed E-state index contributed by atoms with van der Waals surface area (Å²) < 4.78 is 45.2. The van der Waals surface area contributed by atoms with E-state index in [-0.39, 0.29) is 49.8 Å². The second-order valence-corrected chi connectivity index (χ2v) is 21.1. The number of aliphatic hydroxyl groups excluding tert-OH is 3. The number of carbonyl (C=O) groups is 2. The highest BCUT2D eigenvalue weighted by atomic mass is 16.7. The number of hydrogen-bond donors (Lipinski definition) is 4. The number of rotatable bonds is 13. The number of hydrogen-bond acceptors (Lipinski definition) is 17. The number of nitrogens with zero attached hydrogens (tertiary/aromatic N) is 3. The number of methoxy groups -OCH3 is 2. The van der Waals surface area contributed by atoms with Crippen LogP contribution in [0.25, 0.3) is 0 Å². The molecule has 0 saturated carbocycles. The van der Waals surface area contributed by atoms with Crippen molar-refractivity contribution < 1.29 is 68.0 Å². The van der Waals surface area contributed by atoms with Gasteiger partial charge in [-0.1, -0.05) is 63.2 Å². The number of esters is 1. The molecule has 1 aromatic rings. The van der Waals surface area contributed by atoms with Crippen molar-refractivity contribution in [1.29, 1.82) is 0 Å². The van der Waals surface area contributed by atoms with E-state index >= 15 is 0 Å². The van der Waals surface area contributed by atoms with Gasteiger partial charge in [0.1, 0.15) is 30.0 Å². The molecule has 0 aliphatic carbocycles. The molecular weight excluding hydrogens is 879 g/mol. The van der Waals surface area contributed by atoms with Crippen molar-refractivity contribution in [2.24, 2.45) is 28.8 Å². The number of Topliss-reactive ketones (excluding diaryl/α,β-unsaturated/α-hetero) is 1. The lowest BCUT2D eigenvalue weighted by atomic mass is 9.73. The molecule has 0 amide bonds. The molecule has 0 aromatic heterocycles. The third kappa shape index (κ3) is 12.9. The first-order valence-corrected chi connectivity index (χ1v) is 24.8. The maximum Gasteiger partial charge on any atom is 0.311 e. The van der Waals surface area contributed by atoms with E-state index in [1.807, 2.05) is 77.0 Å². The van der Waals surface area contributed by atoms with Crippen LogP contribution in [0.1, 0.15) is 118 Å². The second kappa shape index (κ2) is 23.7. The van der Waals surface area contributed by atoms with Gasteiger partial charge in [0.05, 0.1) is 59.9 Å². The Labute approximate surface area is 405 Å². The van der Waals surface area contributed by atoms with Crippen LogP contribution in [0.3, 0.4) is 0 Å². The molecule has 4 aliphatic heterocycles. The van der Waals surface area contributed by atoms with Crippen LogP contribution in [0.5, 0.6) is 0 Å². The quantitative estimate of drug-likeness (QED) is 0.121. The van der Waals surface area contributed by atoms with Gasteiger partial charge in [0, 0.05) is 56.5 Å². The van der Waals surface area contributed by atoms with Gasteiger partial charge in [0.15, 0.2) is 18.4 Å². The van der Waals surface area contributed by atoms with Crippen molar-refractivity contribution in [3.8, 4) is 0 Å². The highest BCUT2D eigenvalue weighted by Crippen LogP contribution is 2.42. The molecule has 388 valence electrons. The molecule has 19 atom stereocenters. The number of likely N-dealkylation sites (tertiary alicyclic amines) is 1. The number of likely N-dealkylation sites (N-methyl/N-ethyl adjacent to an activating group) is 1. The first-order chi connectivity index (χ1) is 31.9. The van der Waals surface area contributed by atoms with Crippen molar-refractivity contribution in [3.63, 3.8) is 0 Å². The maximum absolute atomic E-state index is 14.6. The fraction of sp³-hybridized carbons (Fsp3) is 0.824. The van der Waals surface area contributed by atoms with E-state index in [9.17, 15) is 30.0 Å². The highest BCUT2D eigenvalue weighted by molar-refractivity contribution is 5.97. The molecule has 17 heteroatoms. The molecule has 68 heavy (non-hydrogen) atoms. The number of benzene rings is 1. The average molecular weight is 964 g/mol. The first-order valence-electron chi connectivity index (χ1n) is 24.8. The molecule has 1 aromatic carbocycles. The van der Waals surface area contributed by atoms with Crippen LogP contribution in [0.15, 0.2) is 35.5 Å². The average Bonchev–Trinajstić information content (AvgIpc) is 3.30. The van der Waals surface area contributed by atoms with Crippen LogP contribution in [0, 0.1) is 23.7 Å². The molecule has 4 N–H and O–H groups in total. The summed E-state index contributed by atoms with van der Waals surface area (Å²) in [6.45, 7) is 19.3. The van der Waals surface area contributed by atoms with Gasteiger partial charge in [0.25, 0.3) is 0 Å². The number of piperidine rings is 1. The number of oxime groups is 1. The molecule has 17 nitrogen and oxygen atoms in total. The van der Waals surface area contributed by atoms with E-state index in [0.717, 1.165) is 13.0 Å². The van der Waals surface area contributed by atoms with Gasteiger partial charge >= 0.3 is 5.97 Å². The summed E-state index contributed by atoms with van der Waals surface area (Å²) in [6, 6.07) is 8.89. The Bertz CT molecular complexity index is 1810. The van der Waals surface area contributed by atoms with Crippen LogP contribution >= 0.6 is 0 Å². The first kappa shape index (κ1) is 56.3. The molecule has 5 unspecified atom stereocenters. The van der Waals surface area contributed by atoms with Gasteiger partial charge < -0.3 is 63.3 Å². The third-order valence-corrected chi connectivity index (χ3v) is 15.5. The summed E-state index contributed by atoms with van der Waals surface area (Å²) in [6.07, 6.45) is -7.59. The second-order valence-electron chi connectivity index (χ2n) is 21.1. The molecule has 5 rings (SSSR count). The Morgan fingerprint density at radius 3 is 2.19 bits per heavy atom. The minimum atomic E-state index is -1.96. The summed E-state index contributed by atoms with van der Waals surface area (Å²) in [5, 5.41) is 52.4. The van der Waals surface area contributed by atoms with E-state index < -0.39 is 102 Å². The van der Waals surface area contributed by atoms with Crippen molar-refractivity contribution in [1.82, 2.24) is 9.80 Å². The van der Waals surface area contributed by atoms with Gasteiger partial charge in [-0.2, -0.15) is 0 Å². The predicted molar refractivity (Wildman–Crippen MR) is 255 cm³/mol. The van der Waals surface area contributed by atoms with Crippen molar-refractivity contribution in [3.05, 3.63) is 35.9 Å².